The molecule has 7 nitrogen and oxygen atoms in total. The van der Waals surface area contributed by atoms with Gasteiger partial charge in [-0.25, -0.2) is 0 Å². The smallest absolute Gasteiger partial charge is 0.242 e. The minimum absolute atomic E-state index is 0.00450. The fourth-order valence-corrected chi connectivity index (χ4v) is 4.44. The third-order valence-corrected chi connectivity index (χ3v) is 6.18. The van der Waals surface area contributed by atoms with Gasteiger partial charge in [-0.1, -0.05) is 42.0 Å². The number of nitrogens with zero attached hydrogens (tertiary/aromatic N) is 2. The molecule has 0 saturated carbocycles. The Hall–Kier alpha value is -2.96. The van der Waals surface area contributed by atoms with Crippen molar-refractivity contribution in [1.29, 1.82) is 0 Å². The van der Waals surface area contributed by atoms with Crippen LogP contribution >= 0.6 is 0 Å². The summed E-state index contributed by atoms with van der Waals surface area (Å²) in [5.41, 5.74) is 1.99. The number of rotatable bonds is 8. The predicted molar refractivity (Wildman–Crippen MR) is 121 cm³/mol. The third-order valence-electron chi connectivity index (χ3n) is 6.18. The Morgan fingerprint density at radius 3 is 2.28 bits per heavy atom. The third kappa shape index (κ3) is 5.26. The number of hydrogen-bond donors (Lipinski definition) is 1. The number of aryl methyl sites for hydroxylation is 1. The summed E-state index contributed by atoms with van der Waals surface area (Å²) in [7, 11) is 0. The summed E-state index contributed by atoms with van der Waals surface area (Å²) in [6.45, 7) is 7.75. The van der Waals surface area contributed by atoms with Gasteiger partial charge in [0, 0.05) is 25.6 Å². The summed E-state index contributed by atoms with van der Waals surface area (Å²) in [6.07, 6.45) is 5.03. The number of carbonyl (C=O) groups excluding carboxylic acids is 4. The molecule has 0 aromatic heterocycles. The molecule has 1 heterocycles. The molecule has 1 fully saturated rings. The van der Waals surface area contributed by atoms with Crippen molar-refractivity contribution in [3.05, 3.63) is 47.5 Å². The molecule has 172 valence electrons. The van der Waals surface area contributed by atoms with E-state index in [1.165, 1.54) is 9.80 Å². The molecule has 32 heavy (non-hydrogen) atoms. The van der Waals surface area contributed by atoms with Crippen molar-refractivity contribution in [3.63, 3.8) is 0 Å². The van der Waals surface area contributed by atoms with Crippen molar-refractivity contribution < 1.29 is 19.2 Å². The molecule has 0 spiro atoms. The minimum Gasteiger partial charge on any atom is -0.352 e. The molecule has 3 atom stereocenters. The molecule has 1 aliphatic carbocycles. The van der Waals surface area contributed by atoms with Crippen molar-refractivity contribution in [2.45, 2.75) is 65.6 Å². The molecule has 3 rings (SSSR count). The first kappa shape index (κ1) is 23.7. The van der Waals surface area contributed by atoms with E-state index in [9.17, 15) is 19.2 Å². The molecule has 2 aliphatic rings. The average molecular weight is 440 g/mol. The molecule has 0 bridgehead atoms. The van der Waals surface area contributed by atoms with Crippen LogP contribution in [-0.2, 0) is 25.7 Å². The number of fused-ring (bicyclic) bond motifs is 1. The van der Waals surface area contributed by atoms with Crippen molar-refractivity contribution >= 4 is 23.6 Å². The summed E-state index contributed by atoms with van der Waals surface area (Å²) >= 11 is 0. The number of carbonyl (C=O) groups is 4. The second kappa shape index (κ2) is 10.1. The van der Waals surface area contributed by atoms with Crippen LogP contribution in [0.25, 0.3) is 0 Å². The van der Waals surface area contributed by atoms with Gasteiger partial charge < -0.3 is 10.2 Å². The first-order valence-corrected chi connectivity index (χ1v) is 11.3. The summed E-state index contributed by atoms with van der Waals surface area (Å²) in [5.74, 6) is -1.47. The quantitative estimate of drug-likeness (QED) is 0.498. The molecule has 1 aromatic rings. The summed E-state index contributed by atoms with van der Waals surface area (Å²) in [6, 6.07) is 7.08. The lowest BCUT2D eigenvalue weighted by Crippen LogP contribution is -2.49. The fraction of sp³-hybridized carbons (Fsp3) is 0.520. The number of amides is 4. The number of likely N-dealkylation sites (tertiary alicyclic amines) is 1. The van der Waals surface area contributed by atoms with Crippen LogP contribution in [0.3, 0.4) is 0 Å². The molecular formula is C25H33N3O4. The fourth-order valence-electron chi connectivity index (χ4n) is 4.44. The number of hydrogen-bond acceptors (Lipinski definition) is 4. The van der Waals surface area contributed by atoms with E-state index < -0.39 is 6.04 Å². The first-order valence-electron chi connectivity index (χ1n) is 11.3. The Kier molecular flexibility index (Phi) is 7.48. The molecule has 1 aromatic carbocycles. The Bertz CT molecular complexity index is 898. The Morgan fingerprint density at radius 1 is 1.09 bits per heavy atom. The maximum Gasteiger partial charge on any atom is 0.242 e. The highest BCUT2D eigenvalue weighted by atomic mass is 16.2. The highest BCUT2D eigenvalue weighted by Crippen LogP contribution is 2.35. The molecule has 1 N–H and O–H groups in total. The van der Waals surface area contributed by atoms with Gasteiger partial charge in [-0.15, -0.1) is 0 Å². The van der Waals surface area contributed by atoms with Crippen molar-refractivity contribution in [1.82, 2.24) is 15.1 Å². The van der Waals surface area contributed by atoms with Crippen molar-refractivity contribution in [2.75, 3.05) is 6.54 Å². The lowest BCUT2D eigenvalue weighted by atomic mass is 9.85. The van der Waals surface area contributed by atoms with Crippen LogP contribution in [0.2, 0.25) is 0 Å². The van der Waals surface area contributed by atoms with E-state index in [0.717, 1.165) is 11.1 Å². The Balaban J connectivity index is 1.72. The van der Waals surface area contributed by atoms with E-state index in [1.54, 1.807) is 6.92 Å². The van der Waals surface area contributed by atoms with E-state index >= 15 is 0 Å². The van der Waals surface area contributed by atoms with Gasteiger partial charge in [-0.3, -0.25) is 24.1 Å². The largest absolute Gasteiger partial charge is 0.352 e. The van der Waals surface area contributed by atoms with Crippen molar-refractivity contribution in [2.24, 2.45) is 11.8 Å². The zero-order chi connectivity index (χ0) is 23.4. The van der Waals surface area contributed by atoms with E-state index in [0.29, 0.717) is 12.8 Å². The van der Waals surface area contributed by atoms with Gasteiger partial charge in [0.25, 0.3) is 0 Å². The highest BCUT2D eigenvalue weighted by Gasteiger charge is 2.47. The van der Waals surface area contributed by atoms with Crippen molar-refractivity contribution in [3.8, 4) is 0 Å². The SMILES string of the molecule is Cc1cccc(CN(C(=O)CCN2C(=O)[C@H]3CC=CC[C@H]3C2=O)[C@H](C)C(=O)NC(C)C)c1. The second-order valence-corrected chi connectivity index (χ2v) is 9.08. The Morgan fingerprint density at radius 2 is 1.72 bits per heavy atom. The topological polar surface area (TPSA) is 86.8 Å². The Labute approximate surface area is 189 Å². The lowest BCUT2D eigenvalue weighted by molar-refractivity contribution is -0.143. The monoisotopic (exact) mass is 439 g/mol. The normalized spacial score (nSPS) is 21.0. The number of imide groups is 1. The standard InChI is InChI=1S/C25H33N3O4/c1-16(2)26-23(30)18(4)28(15-19-9-7-8-17(3)14-19)22(29)12-13-27-24(31)20-10-5-6-11-21(20)25(27)32/h5-9,14,16,18,20-21H,10-13,15H2,1-4H3,(H,26,30)/t18-,20-,21+/m1/s1. The maximum absolute atomic E-state index is 13.2. The summed E-state index contributed by atoms with van der Waals surface area (Å²) in [5, 5.41) is 2.86. The van der Waals surface area contributed by atoms with Crippen LogP contribution in [0, 0.1) is 18.8 Å². The number of nitrogens with one attached hydrogen (secondary N) is 1. The van der Waals surface area contributed by atoms with Gasteiger partial charge in [0.15, 0.2) is 0 Å². The second-order valence-electron chi connectivity index (χ2n) is 9.08. The van der Waals surface area contributed by atoms with Gasteiger partial charge >= 0.3 is 0 Å². The van der Waals surface area contributed by atoms with E-state index in [1.807, 2.05) is 57.2 Å². The van der Waals surface area contributed by atoms with Gasteiger partial charge in [0.05, 0.1) is 11.8 Å². The molecule has 1 aliphatic heterocycles. The predicted octanol–water partition coefficient (Wildman–Crippen LogP) is 2.58. The molecule has 7 heteroatoms. The van der Waals surface area contributed by atoms with Gasteiger partial charge in [0.1, 0.15) is 6.04 Å². The number of allylic oxidation sites excluding steroid dienone is 2. The average Bonchev–Trinajstić information content (AvgIpc) is 2.99. The summed E-state index contributed by atoms with van der Waals surface area (Å²) < 4.78 is 0. The van der Waals surface area contributed by atoms with Crippen LogP contribution < -0.4 is 5.32 Å². The van der Waals surface area contributed by atoms with E-state index in [4.69, 9.17) is 0 Å². The van der Waals surface area contributed by atoms with E-state index in [2.05, 4.69) is 5.32 Å². The minimum atomic E-state index is -0.679. The molecular weight excluding hydrogens is 406 g/mol. The molecule has 1 saturated heterocycles. The first-order chi connectivity index (χ1) is 15.2. The van der Waals surface area contributed by atoms with Crippen LogP contribution in [0.4, 0.5) is 0 Å². The van der Waals surface area contributed by atoms with Crippen LogP contribution in [0.1, 0.15) is 51.2 Å². The van der Waals surface area contributed by atoms with Crippen LogP contribution in [0.5, 0.6) is 0 Å². The van der Waals surface area contributed by atoms with Gasteiger partial charge in [-0.2, -0.15) is 0 Å². The van der Waals surface area contributed by atoms with Gasteiger partial charge in [0.2, 0.25) is 23.6 Å². The molecule has 4 amide bonds. The molecule has 0 radical (unpaired) electrons. The summed E-state index contributed by atoms with van der Waals surface area (Å²) in [4.78, 5) is 54.1. The zero-order valence-electron chi connectivity index (χ0n) is 19.3. The highest BCUT2D eigenvalue weighted by molar-refractivity contribution is 6.05. The lowest BCUT2D eigenvalue weighted by Gasteiger charge is -2.30. The van der Waals surface area contributed by atoms with Crippen LogP contribution in [0.15, 0.2) is 36.4 Å². The maximum atomic E-state index is 13.2. The number of benzene rings is 1. The zero-order valence-corrected chi connectivity index (χ0v) is 19.3. The van der Waals surface area contributed by atoms with Crippen LogP contribution in [-0.4, -0.2) is 52.1 Å². The van der Waals surface area contributed by atoms with Gasteiger partial charge in [-0.05, 0) is 46.1 Å². The molecule has 0 unspecified atom stereocenters. The van der Waals surface area contributed by atoms with E-state index in [-0.39, 0.29) is 61.0 Å².